The molecule has 0 aliphatic carbocycles. The fraction of sp³-hybridized carbons (Fsp3) is 0.429. The van der Waals surface area contributed by atoms with E-state index in [4.69, 9.17) is 10.2 Å². The van der Waals surface area contributed by atoms with Gasteiger partial charge in [-0.2, -0.15) is 0 Å². The molecule has 0 bridgehead atoms. The highest BCUT2D eigenvalue weighted by molar-refractivity contribution is 4.94. The van der Waals surface area contributed by atoms with Crippen molar-refractivity contribution in [2.75, 3.05) is 6.61 Å². The predicted octanol–water partition coefficient (Wildman–Crippen LogP) is -4.06. The molecule has 0 radical (unpaired) electrons. The van der Waals surface area contributed by atoms with E-state index >= 15 is 0 Å². The number of aryl methyl sites for hydroxylation is 1. The van der Waals surface area contributed by atoms with Gasteiger partial charge >= 0.3 is 0 Å². The van der Waals surface area contributed by atoms with Crippen LogP contribution < -0.4 is 28.5 Å². The zero-order valence-corrected chi connectivity index (χ0v) is 8.84. The van der Waals surface area contributed by atoms with E-state index in [-0.39, 0.29) is 30.6 Å². The summed E-state index contributed by atoms with van der Waals surface area (Å²) < 4.78 is 1.77. The average Bonchev–Trinajstić information content (AvgIpc) is 2.03. The zero-order valence-electron chi connectivity index (χ0n) is 6.68. The number of halogens is 1. The van der Waals surface area contributed by atoms with Crippen LogP contribution >= 0.6 is 0 Å². The van der Waals surface area contributed by atoms with Gasteiger partial charge in [0.15, 0.2) is 12.4 Å². The standard InChI is InChI=1S/C7H11N2O2.HI/c1-9-3-2-8-6(4-9)7(11)5-10;/h2-4,7,10-11H,5H2,1H3;1H/q+1;/p-1. The predicted molar refractivity (Wildman–Crippen MR) is 37.5 cm³/mol. The van der Waals surface area contributed by atoms with Crippen LogP contribution in [0.3, 0.4) is 0 Å². The Bertz CT molecular complexity index is 245. The first kappa shape index (κ1) is 11.7. The third kappa shape index (κ3) is 3.00. The van der Waals surface area contributed by atoms with Gasteiger partial charge in [0.1, 0.15) is 18.8 Å². The molecule has 0 spiro atoms. The highest BCUT2D eigenvalue weighted by Crippen LogP contribution is 2.03. The lowest BCUT2D eigenvalue weighted by Crippen LogP contribution is -3.00. The van der Waals surface area contributed by atoms with Crippen molar-refractivity contribution in [3.8, 4) is 0 Å². The quantitative estimate of drug-likeness (QED) is 0.429. The third-order valence-corrected chi connectivity index (χ3v) is 1.38. The Morgan fingerprint density at radius 3 is 2.83 bits per heavy atom. The number of aliphatic hydroxyl groups excluding tert-OH is 2. The van der Waals surface area contributed by atoms with Crippen molar-refractivity contribution in [3.63, 3.8) is 0 Å². The van der Waals surface area contributed by atoms with Crippen LogP contribution in [0.1, 0.15) is 11.8 Å². The number of hydrogen-bond donors (Lipinski definition) is 2. The molecule has 1 heterocycles. The first-order chi connectivity index (χ1) is 5.24. The molecule has 0 aliphatic rings. The maximum absolute atomic E-state index is 9.13. The first-order valence-electron chi connectivity index (χ1n) is 3.34. The van der Waals surface area contributed by atoms with Crippen LogP contribution in [0, 0.1) is 0 Å². The Hall–Kier alpha value is -0.270. The van der Waals surface area contributed by atoms with Crippen molar-refractivity contribution in [1.82, 2.24) is 4.98 Å². The van der Waals surface area contributed by atoms with E-state index in [1.165, 1.54) is 0 Å². The van der Waals surface area contributed by atoms with Crippen LogP contribution in [0.4, 0.5) is 0 Å². The van der Waals surface area contributed by atoms with Gasteiger partial charge in [-0.15, -0.1) is 0 Å². The smallest absolute Gasteiger partial charge is 0.193 e. The molecule has 5 heteroatoms. The van der Waals surface area contributed by atoms with Crippen molar-refractivity contribution >= 4 is 0 Å². The van der Waals surface area contributed by atoms with Crippen molar-refractivity contribution in [3.05, 3.63) is 24.3 Å². The van der Waals surface area contributed by atoms with Crippen LogP contribution in [-0.2, 0) is 7.05 Å². The molecule has 12 heavy (non-hydrogen) atoms. The van der Waals surface area contributed by atoms with Gasteiger partial charge in [0, 0.05) is 0 Å². The second-order valence-electron chi connectivity index (χ2n) is 2.35. The third-order valence-electron chi connectivity index (χ3n) is 1.38. The Labute approximate surface area is 87.9 Å². The van der Waals surface area contributed by atoms with E-state index in [1.807, 2.05) is 7.05 Å². The van der Waals surface area contributed by atoms with Crippen molar-refractivity contribution < 1.29 is 38.8 Å². The summed E-state index contributed by atoms with van der Waals surface area (Å²) >= 11 is 0. The van der Waals surface area contributed by atoms with Gasteiger partial charge in [-0.1, -0.05) is 0 Å². The molecule has 0 saturated heterocycles. The molecular formula is C7H11IN2O2. The summed E-state index contributed by atoms with van der Waals surface area (Å²) in [5.41, 5.74) is 0.484. The molecule has 1 rings (SSSR count). The summed E-state index contributed by atoms with van der Waals surface area (Å²) in [5.74, 6) is 0. The molecule has 4 nitrogen and oxygen atoms in total. The summed E-state index contributed by atoms with van der Waals surface area (Å²) in [6, 6.07) is 0. The lowest BCUT2D eigenvalue weighted by molar-refractivity contribution is -0.672. The van der Waals surface area contributed by atoms with Crippen molar-refractivity contribution in [2.24, 2.45) is 7.05 Å². The molecular weight excluding hydrogens is 271 g/mol. The Balaban J connectivity index is 0.00000121. The largest absolute Gasteiger partial charge is 1.00 e. The summed E-state index contributed by atoms with van der Waals surface area (Å²) in [4.78, 5) is 3.88. The van der Waals surface area contributed by atoms with Gasteiger partial charge in [0.05, 0.1) is 12.8 Å². The molecule has 68 valence electrons. The second kappa shape index (κ2) is 5.39. The summed E-state index contributed by atoms with van der Waals surface area (Å²) in [6.07, 6.45) is 4.13. The van der Waals surface area contributed by atoms with Crippen LogP contribution in [0.2, 0.25) is 0 Å². The summed E-state index contributed by atoms with van der Waals surface area (Å²) in [6.45, 7) is -0.295. The van der Waals surface area contributed by atoms with Crippen LogP contribution in [0.15, 0.2) is 18.6 Å². The minimum atomic E-state index is -0.873. The molecule has 0 saturated carbocycles. The van der Waals surface area contributed by atoms with E-state index in [0.29, 0.717) is 5.69 Å². The first-order valence-corrected chi connectivity index (χ1v) is 3.34. The topological polar surface area (TPSA) is 57.2 Å². The Morgan fingerprint density at radius 2 is 2.33 bits per heavy atom. The molecule has 2 N–H and O–H groups in total. The molecule has 1 unspecified atom stereocenters. The minimum absolute atomic E-state index is 0. The van der Waals surface area contributed by atoms with Gasteiger partial charge in [-0.25, -0.2) is 9.55 Å². The van der Waals surface area contributed by atoms with Crippen molar-refractivity contribution in [2.45, 2.75) is 6.10 Å². The van der Waals surface area contributed by atoms with Gasteiger partial charge < -0.3 is 34.2 Å². The number of aliphatic hydroxyl groups is 2. The van der Waals surface area contributed by atoms with E-state index in [0.717, 1.165) is 0 Å². The molecule has 0 aliphatic heterocycles. The van der Waals surface area contributed by atoms with E-state index < -0.39 is 6.10 Å². The molecule has 0 fully saturated rings. The van der Waals surface area contributed by atoms with Crippen LogP contribution in [0.25, 0.3) is 0 Å². The number of hydrogen-bond acceptors (Lipinski definition) is 3. The van der Waals surface area contributed by atoms with E-state index in [9.17, 15) is 0 Å². The molecule has 1 aromatic heterocycles. The maximum Gasteiger partial charge on any atom is 0.193 e. The number of aromatic nitrogens is 2. The fourth-order valence-corrected chi connectivity index (χ4v) is 0.775. The molecule has 0 aromatic carbocycles. The van der Waals surface area contributed by atoms with E-state index in [1.54, 1.807) is 23.2 Å². The number of rotatable bonds is 2. The Kier molecular flexibility index (Phi) is 5.27. The van der Waals surface area contributed by atoms with Crippen LogP contribution in [-0.4, -0.2) is 21.8 Å². The zero-order chi connectivity index (χ0) is 8.27. The van der Waals surface area contributed by atoms with Gasteiger partial charge in [-0.3, -0.25) is 0 Å². The van der Waals surface area contributed by atoms with Gasteiger partial charge in [0.25, 0.3) is 0 Å². The SMILES string of the molecule is C[n+]1ccnc(C(O)CO)c1.[I-]. The molecule has 1 atom stereocenters. The maximum atomic E-state index is 9.13. The second-order valence-corrected chi connectivity index (χ2v) is 2.35. The number of nitrogens with zero attached hydrogens (tertiary/aromatic N) is 2. The average molecular weight is 282 g/mol. The molecule has 0 amide bonds. The summed E-state index contributed by atoms with van der Waals surface area (Å²) in [5, 5.41) is 17.7. The monoisotopic (exact) mass is 282 g/mol. The highest BCUT2D eigenvalue weighted by Gasteiger charge is 2.09. The highest BCUT2D eigenvalue weighted by atomic mass is 127. The Morgan fingerprint density at radius 1 is 1.67 bits per heavy atom. The lowest BCUT2D eigenvalue weighted by atomic mass is 10.3. The van der Waals surface area contributed by atoms with Crippen molar-refractivity contribution in [1.29, 1.82) is 0 Å². The fourth-order valence-electron chi connectivity index (χ4n) is 0.775. The summed E-state index contributed by atoms with van der Waals surface area (Å²) in [7, 11) is 1.83. The minimum Gasteiger partial charge on any atom is -1.00 e. The van der Waals surface area contributed by atoms with Crippen LogP contribution in [0.5, 0.6) is 0 Å². The van der Waals surface area contributed by atoms with E-state index in [2.05, 4.69) is 4.98 Å². The normalized spacial score (nSPS) is 11.9. The van der Waals surface area contributed by atoms with Gasteiger partial charge in [0.2, 0.25) is 0 Å². The van der Waals surface area contributed by atoms with Gasteiger partial charge in [-0.05, 0) is 0 Å². The molecule has 1 aromatic rings. The lowest BCUT2D eigenvalue weighted by Gasteiger charge is -2.02.